The molecule has 0 saturated carbocycles. The van der Waals surface area contributed by atoms with E-state index < -0.39 is 22.4 Å². The Morgan fingerprint density at radius 2 is 1.82 bits per heavy atom. The fourth-order valence-corrected chi connectivity index (χ4v) is 3.52. The summed E-state index contributed by atoms with van der Waals surface area (Å²) in [7, 11) is 0. The van der Waals surface area contributed by atoms with Crippen LogP contribution in [0.2, 0.25) is 0 Å². The van der Waals surface area contributed by atoms with Crippen LogP contribution in [-0.2, 0) is 11.0 Å². The number of aromatic nitrogens is 1. The second-order valence-corrected chi connectivity index (χ2v) is 7.53. The lowest BCUT2D eigenvalue weighted by molar-refractivity contribution is -0.384. The summed E-state index contributed by atoms with van der Waals surface area (Å²) in [6, 6.07) is 5.36. The lowest BCUT2D eigenvalue weighted by Gasteiger charge is -2.32. The minimum atomic E-state index is -4.69. The molecule has 2 aromatic rings. The predicted molar refractivity (Wildman–Crippen MR) is 113 cm³/mol. The first-order valence-electron chi connectivity index (χ1n) is 10.2. The monoisotopic (exact) mass is 465 g/mol. The molecule has 0 aliphatic carbocycles. The molecule has 9 nitrogen and oxygen atoms in total. The zero-order valence-corrected chi connectivity index (χ0v) is 17.5. The maximum atomic E-state index is 12.8. The number of anilines is 1. The van der Waals surface area contributed by atoms with Crippen LogP contribution >= 0.6 is 0 Å². The van der Waals surface area contributed by atoms with E-state index in [9.17, 15) is 32.9 Å². The number of carbonyl (C=O) groups is 2. The molecule has 2 amide bonds. The molecule has 1 aliphatic rings. The number of nitro benzene ring substituents is 1. The van der Waals surface area contributed by atoms with Gasteiger partial charge in [0.1, 0.15) is 5.69 Å². The number of amides is 2. The topological polar surface area (TPSA) is 117 Å². The van der Waals surface area contributed by atoms with E-state index in [1.54, 1.807) is 29.4 Å². The number of benzene rings is 1. The Balaban J connectivity index is 1.45. The van der Waals surface area contributed by atoms with Crippen LogP contribution in [0.3, 0.4) is 0 Å². The van der Waals surface area contributed by atoms with Gasteiger partial charge in [-0.15, -0.1) is 0 Å². The SMILES string of the molecule is O=C(CCNc1ccc(C(F)(F)F)cc1[N+](=O)[O-])NC1CCN(C(=O)c2ccncc2)CC1. The number of piperidine rings is 1. The number of nitrogens with one attached hydrogen (secondary N) is 2. The van der Waals surface area contributed by atoms with Crippen LogP contribution in [0.4, 0.5) is 24.5 Å². The third kappa shape index (κ3) is 6.40. The second-order valence-electron chi connectivity index (χ2n) is 7.53. The quantitative estimate of drug-likeness (QED) is 0.479. The summed E-state index contributed by atoms with van der Waals surface area (Å²) in [6.07, 6.45) is -0.447. The summed E-state index contributed by atoms with van der Waals surface area (Å²) < 4.78 is 38.3. The van der Waals surface area contributed by atoms with Crippen molar-refractivity contribution < 1.29 is 27.7 Å². The zero-order valence-electron chi connectivity index (χ0n) is 17.5. The molecule has 2 heterocycles. The maximum Gasteiger partial charge on any atom is 0.416 e. The minimum Gasteiger partial charge on any atom is -0.379 e. The van der Waals surface area contributed by atoms with Gasteiger partial charge in [0.05, 0.1) is 10.5 Å². The van der Waals surface area contributed by atoms with Crippen molar-refractivity contribution in [1.82, 2.24) is 15.2 Å². The highest BCUT2D eigenvalue weighted by Crippen LogP contribution is 2.34. The summed E-state index contributed by atoms with van der Waals surface area (Å²) in [6.45, 7) is 0.988. The summed E-state index contributed by atoms with van der Waals surface area (Å²) in [5.41, 5.74) is -1.37. The number of halogens is 3. The largest absolute Gasteiger partial charge is 0.416 e. The van der Waals surface area contributed by atoms with Crippen LogP contribution in [0.15, 0.2) is 42.7 Å². The molecule has 2 N–H and O–H groups in total. The molecule has 3 rings (SSSR count). The first-order chi connectivity index (χ1) is 15.6. The molecule has 1 aromatic heterocycles. The molecule has 1 aliphatic heterocycles. The van der Waals surface area contributed by atoms with Crippen molar-refractivity contribution in [2.75, 3.05) is 25.0 Å². The van der Waals surface area contributed by atoms with Gasteiger partial charge in [0.2, 0.25) is 5.91 Å². The molecular formula is C21H22F3N5O4. The Labute approximate surface area is 187 Å². The average Bonchev–Trinajstić information content (AvgIpc) is 2.79. The molecule has 0 spiro atoms. The van der Waals surface area contributed by atoms with Gasteiger partial charge < -0.3 is 15.5 Å². The van der Waals surface area contributed by atoms with Gasteiger partial charge in [-0.25, -0.2) is 0 Å². The minimum absolute atomic E-state index is 0.0113. The van der Waals surface area contributed by atoms with E-state index in [1.165, 1.54) is 0 Å². The first-order valence-corrected chi connectivity index (χ1v) is 10.2. The van der Waals surface area contributed by atoms with Crippen molar-refractivity contribution in [3.05, 3.63) is 64.0 Å². The Bertz CT molecular complexity index is 1010. The van der Waals surface area contributed by atoms with Crippen molar-refractivity contribution in [3.63, 3.8) is 0 Å². The molecule has 0 radical (unpaired) electrons. The molecule has 0 unspecified atom stereocenters. The van der Waals surface area contributed by atoms with Gasteiger partial charge in [-0.3, -0.25) is 24.7 Å². The van der Waals surface area contributed by atoms with E-state index in [0.717, 1.165) is 12.1 Å². The van der Waals surface area contributed by atoms with Crippen LogP contribution in [0, 0.1) is 10.1 Å². The van der Waals surface area contributed by atoms with Crippen molar-refractivity contribution in [3.8, 4) is 0 Å². The number of pyridine rings is 1. The van der Waals surface area contributed by atoms with Crippen LogP contribution < -0.4 is 10.6 Å². The number of nitrogens with zero attached hydrogens (tertiary/aromatic N) is 3. The van der Waals surface area contributed by atoms with Crippen molar-refractivity contribution in [1.29, 1.82) is 0 Å². The highest BCUT2D eigenvalue weighted by atomic mass is 19.4. The summed E-state index contributed by atoms with van der Waals surface area (Å²) in [4.78, 5) is 40.5. The smallest absolute Gasteiger partial charge is 0.379 e. The molecular weight excluding hydrogens is 443 g/mol. The molecule has 1 aromatic carbocycles. The Morgan fingerprint density at radius 3 is 2.42 bits per heavy atom. The number of alkyl halides is 3. The van der Waals surface area contributed by atoms with Crippen molar-refractivity contribution in [2.45, 2.75) is 31.5 Å². The highest BCUT2D eigenvalue weighted by Gasteiger charge is 2.33. The third-order valence-corrected chi connectivity index (χ3v) is 5.26. The number of hydrogen-bond donors (Lipinski definition) is 2. The Morgan fingerprint density at radius 1 is 1.15 bits per heavy atom. The molecule has 1 saturated heterocycles. The molecule has 176 valence electrons. The first kappa shape index (κ1) is 24.0. The van der Waals surface area contributed by atoms with Gasteiger partial charge >= 0.3 is 6.18 Å². The summed E-state index contributed by atoms with van der Waals surface area (Å²) >= 11 is 0. The van der Waals surface area contributed by atoms with Crippen LogP contribution in [0.1, 0.15) is 35.2 Å². The maximum absolute atomic E-state index is 12.8. The van der Waals surface area contributed by atoms with Crippen LogP contribution in [0.25, 0.3) is 0 Å². The van der Waals surface area contributed by atoms with Crippen LogP contribution in [0.5, 0.6) is 0 Å². The Hall–Kier alpha value is -3.70. The number of nitro groups is 1. The normalized spacial score (nSPS) is 14.6. The van der Waals surface area contributed by atoms with E-state index in [2.05, 4.69) is 15.6 Å². The Kier molecular flexibility index (Phi) is 7.46. The lowest BCUT2D eigenvalue weighted by Crippen LogP contribution is -2.46. The summed E-state index contributed by atoms with van der Waals surface area (Å²) in [5, 5.41) is 16.6. The molecule has 0 atom stereocenters. The summed E-state index contributed by atoms with van der Waals surface area (Å²) in [5.74, 6) is -0.388. The van der Waals surface area contributed by atoms with Crippen molar-refractivity contribution in [2.24, 2.45) is 0 Å². The van der Waals surface area contributed by atoms with Gasteiger partial charge in [0.15, 0.2) is 0 Å². The zero-order chi connectivity index (χ0) is 24.0. The fraction of sp³-hybridized carbons (Fsp3) is 0.381. The molecule has 1 fully saturated rings. The molecule has 12 heteroatoms. The van der Waals surface area contributed by atoms with Gasteiger partial charge in [-0.05, 0) is 37.1 Å². The predicted octanol–water partition coefficient (Wildman–Crippen LogP) is 3.23. The van der Waals surface area contributed by atoms with E-state index in [1.807, 2.05) is 0 Å². The molecule has 0 bridgehead atoms. The standard InChI is InChI=1S/C21H22F3N5O4/c22-21(23,24)15-1-2-17(18(13-15)29(32)33)26-10-5-19(30)27-16-6-11-28(12-7-16)20(31)14-3-8-25-9-4-14/h1-4,8-9,13,16,26H,5-7,10-12H2,(H,27,30). The second kappa shape index (κ2) is 10.3. The number of hydrogen-bond acceptors (Lipinski definition) is 6. The van der Waals surface area contributed by atoms with E-state index in [-0.39, 0.29) is 36.5 Å². The van der Waals surface area contributed by atoms with Gasteiger partial charge in [0.25, 0.3) is 11.6 Å². The fourth-order valence-electron chi connectivity index (χ4n) is 3.52. The van der Waals surface area contributed by atoms with Crippen LogP contribution in [-0.4, -0.2) is 52.3 Å². The van der Waals surface area contributed by atoms with E-state index >= 15 is 0 Å². The van der Waals surface area contributed by atoms with Gasteiger partial charge in [-0.2, -0.15) is 13.2 Å². The lowest BCUT2D eigenvalue weighted by atomic mass is 10.0. The number of carbonyl (C=O) groups excluding carboxylic acids is 2. The number of rotatable bonds is 7. The van der Waals surface area contributed by atoms with Gasteiger partial charge in [0, 0.05) is 56.1 Å². The average molecular weight is 465 g/mol. The number of likely N-dealkylation sites (tertiary alicyclic amines) is 1. The van der Waals surface area contributed by atoms with E-state index in [0.29, 0.717) is 37.6 Å². The highest BCUT2D eigenvalue weighted by molar-refractivity contribution is 5.94. The molecule has 33 heavy (non-hydrogen) atoms. The third-order valence-electron chi connectivity index (χ3n) is 5.26. The van der Waals surface area contributed by atoms with Crippen molar-refractivity contribution >= 4 is 23.2 Å². The van der Waals surface area contributed by atoms with E-state index in [4.69, 9.17) is 0 Å². The van der Waals surface area contributed by atoms with Gasteiger partial charge in [-0.1, -0.05) is 0 Å².